The molecular weight excluding hydrogens is 298 g/mol. The number of carbonyl (C=O) groups excluding carboxylic acids is 1. The average Bonchev–Trinajstić information content (AvgIpc) is 2.97. The van der Waals surface area contributed by atoms with Crippen molar-refractivity contribution < 1.29 is 14.3 Å². The van der Waals surface area contributed by atoms with E-state index >= 15 is 0 Å². The molecule has 0 spiro atoms. The Balaban J connectivity index is 1.67. The Kier molecular flexibility index (Phi) is 4.52. The summed E-state index contributed by atoms with van der Waals surface area (Å²) in [7, 11) is 0. The van der Waals surface area contributed by atoms with E-state index in [0.717, 1.165) is 5.69 Å². The van der Waals surface area contributed by atoms with Gasteiger partial charge in [0.05, 0.1) is 24.5 Å². The molecule has 1 amide bonds. The molecule has 23 heavy (non-hydrogen) atoms. The lowest BCUT2D eigenvalue weighted by Crippen LogP contribution is -2.51. The van der Waals surface area contributed by atoms with Crippen molar-refractivity contribution >= 4 is 5.91 Å². The van der Waals surface area contributed by atoms with E-state index in [-0.39, 0.29) is 18.1 Å². The Bertz CT molecular complexity index is 670. The summed E-state index contributed by atoms with van der Waals surface area (Å²) in [5, 5.41) is 13.1. The highest BCUT2D eigenvalue weighted by Gasteiger charge is 2.30. The number of aryl methyl sites for hydroxylation is 2. The largest absolute Gasteiger partial charge is 0.484 e. The normalized spacial score (nSPS) is 21.0. The van der Waals surface area contributed by atoms with Crippen LogP contribution in [0.4, 0.5) is 0 Å². The molecule has 0 aliphatic carbocycles. The number of hydrogen-bond donors (Lipinski definition) is 2. The van der Waals surface area contributed by atoms with E-state index in [2.05, 4.69) is 25.7 Å². The lowest BCUT2D eigenvalue weighted by Gasteiger charge is -2.32. The molecule has 1 fully saturated rings. The van der Waals surface area contributed by atoms with E-state index in [9.17, 15) is 4.79 Å². The molecule has 2 atom stereocenters. The van der Waals surface area contributed by atoms with Crippen molar-refractivity contribution in [1.82, 2.24) is 25.7 Å². The van der Waals surface area contributed by atoms with E-state index in [1.807, 2.05) is 19.1 Å². The van der Waals surface area contributed by atoms with E-state index < -0.39 is 0 Å². The summed E-state index contributed by atoms with van der Waals surface area (Å²) < 4.78 is 11.4. The first-order chi connectivity index (χ1) is 11.1. The van der Waals surface area contributed by atoms with Crippen molar-refractivity contribution in [1.29, 1.82) is 0 Å². The Labute approximate surface area is 133 Å². The van der Waals surface area contributed by atoms with Gasteiger partial charge in [0.15, 0.2) is 5.69 Å². The van der Waals surface area contributed by atoms with E-state index in [1.54, 1.807) is 13.1 Å². The van der Waals surface area contributed by atoms with E-state index in [4.69, 9.17) is 9.47 Å². The monoisotopic (exact) mass is 317 g/mol. The first-order valence-corrected chi connectivity index (χ1v) is 7.49. The summed E-state index contributed by atoms with van der Waals surface area (Å²) in [6.07, 6.45) is 2.07. The highest BCUT2D eigenvalue weighted by atomic mass is 16.5. The molecule has 8 nitrogen and oxygen atoms in total. The standard InChI is InChI=1S/C15H19N5O3/c1-9-3-4-11(7-16-9)23-13-8-22-6-5-12(13)17-15(21)14-10(2)18-20-19-14/h3-4,7,12-13H,5-6,8H2,1-2H3,(H,17,21)(H,18,19,20)/t12-,13+/m1/s1. The van der Waals surface area contributed by atoms with Crippen LogP contribution in [0.3, 0.4) is 0 Å². The fraction of sp³-hybridized carbons (Fsp3) is 0.467. The molecule has 2 N–H and O–H groups in total. The van der Waals surface area contributed by atoms with E-state index in [1.165, 1.54) is 0 Å². The fourth-order valence-electron chi connectivity index (χ4n) is 2.43. The van der Waals surface area contributed by atoms with Gasteiger partial charge in [0, 0.05) is 12.3 Å². The lowest BCUT2D eigenvalue weighted by molar-refractivity contribution is -0.0137. The number of aromatic amines is 1. The van der Waals surface area contributed by atoms with Crippen molar-refractivity contribution in [3.05, 3.63) is 35.4 Å². The third-order valence-corrected chi connectivity index (χ3v) is 3.73. The maximum atomic E-state index is 12.3. The van der Waals surface area contributed by atoms with Crippen LogP contribution >= 0.6 is 0 Å². The van der Waals surface area contributed by atoms with Crippen LogP contribution in [0.1, 0.15) is 28.3 Å². The number of aromatic nitrogens is 4. The van der Waals surface area contributed by atoms with Crippen molar-refractivity contribution in [2.24, 2.45) is 0 Å². The highest BCUT2D eigenvalue weighted by Crippen LogP contribution is 2.17. The van der Waals surface area contributed by atoms with Gasteiger partial charge < -0.3 is 14.8 Å². The number of H-pyrrole nitrogens is 1. The van der Waals surface area contributed by atoms with Gasteiger partial charge in [-0.25, -0.2) is 0 Å². The summed E-state index contributed by atoms with van der Waals surface area (Å²) >= 11 is 0. The Morgan fingerprint density at radius 1 is 1.39 bits per heavy atom. The van der Waals surface area contributed by atoms with Crippen molar-refractivity contribution in [2.75, 3.05) is 13.2 Å². The van der Waals surface area contributed by atoms with Crippen LogP contribution in [-0.4, -0.2) is 51.7 Å². The molecule has 2 aromatic rings. The number of pyridine rings is 1. The van der Waals surface area contributed by atoms with Gasteiger partial charge in [-0.2, -0.15) is 15.4 Å². The molecule has 0 radical (unpaired) electrons. The predicted molar refractivity (Wildman–Crippen MR) is 81.2 cm³/mol. The van der Waals surface area contributed by atoms with Crippen LogP contribution in [0.5, 0.6) is 5.75 Å². The number of nitrogens with one attached hydrogen (secondary N) is 2. The topological polar surface area (TPSA) is 102 Å². The smallest absolute Gasteiger partial charge is 0.274 e. The van der Waals surface area contributed by atoms with Crippen LogP contribution in [0.2, 0.25) is 0 Å². The van der Waals surface area contributed by atoms with E-state index in [0.29, 0.717) is 36.8 Å². The molecule has 1 saturated heterocycles. The van der Waals surface area contributed by atoms with Crippen molar-refractivity contribution in [2.45, 2.75) is 32.4 Å². The van der Waals surface area contributed by atoms with Gasteiger partial charge in [0.1, 0.15) is 11.9 Å². The first-order valence-electron chi connectivity index (χ1n) is 7.49. The molecule has 0 aromatic carbocycles. The number of amides is 1. The minimum atomic E-state index is -0.274. The number of hydrogen-bond acceptors (Lipinski definition) is 6. The molecule has 0 bridgehead atoms. The third-order valence-electron chi connectivity index (χ3n) is 3.73. The lowest BCUT2D eigenvalue weighted by atomic mass is 10.1. The summed E-state index contributed by atoms with van der Waals surface area (Å²) in [6.45, 7) is 4.64. The van der Waals surface area contributed by atoms with Gasteiger partial charge in [-0.05, 0) is 32.4 Å². The second kappa shape index (κ2) is 6.74. The van der Waals surface area contributed by atoms with Crippen LogP contribution in [0, 0.1) is 13.8 Å². The van der Waals surface area contributed by atoms with Gasteiger partial charge in [-0.15, -0.1) is 0 Å². The Hall–Kier alpha value is -2.48. The van der Waals surface area contributed by atoms with Gasteiger partial charge in [0.2, 0.25) is 0 Å². The second-order valence-electron chi connectivity index (χ2n) is 5.49. The molecular formula is C15H19N5O3. The SMILES string of the molecule is Cc1ccc(O[C@H]2COCC[C@H]2NC(=O)c2n[nH]nc2C)cn1. The fourth-order valence-corrected chi connectivity index (χ4v) is 2.43. The molecule has 1 aliphatic heterocycles. The number of carbonyl (C=O) groups is 1. The first kappa shape index (κ1) is 15.4. The van der Waals surface area contributed by atoms with Crippen LogP contribution in [-0.2, 0) is 4.74 Å². The summed E-state index contributed by atoms with van der Waals surface area (Å²) in [5.74, 6) is 0.391. The molecule has 8 heteroatoms. The van der Waals surface area contributed by atoms with Gasteiger partial charge in [0.25, 0.3) is 5.91 Å². The zero-order chi connectivity index (χ0) is 16.2. The number of ether oxygens (including phenoxy) is 2. The molecule has 0 saturated carbocycles. The third kappa shape index (κ3) is 3.65. The molecule has 0 unspecified atom stereocenters. The highest BCUT2D eigenvalue weighted by molar-refractivity contribution is 5.93. The second-order valence-corrected chi connectivity index (χ2v) is 5.49. The summed E-state index contributed by atoms with van der Waals surface area (Å²) in [6, 6.07) is 3.58. The molecule has 3 rings (SSSR count). The predicted octanol–water partition coefficient (Wildman–Crippen LogP) is 0.783. The van der Waals surface area contributed by atoms with Crippen LogP contribution in [0.15, 0.2) is 18.3 Å². The minimum Gasteiger partial charge on any atom is -0.484 e. The van der Waals surface area contributed by atoms with Gasteiger partial charge in [-0.3, -0.25) is 9.78 Å². The molecule has 3 heterocycles. The molecule has 1 aliphatic rings. The Morgan fingerprint density at radius 3 is 2.96 bits per heavy atom. The van der Waals surface area contributed by atoms with Crippen LogP contribution in [0.25, 0.3) is 0 Å². The van der Waals surface area contributed by atoms with Crippen molar-refractivity contribution in [3.8, 4) is 5.75 Å². The number of nitrogens with zero attached hydrogens (tertiary/aromatic N) is 3. The summed E-state index contributed by atoms with van der Waals surface area (Å²) in [5.41, 5.74) is 1.78. The summed E-state index contributed by atoms with van der Waals surface area (Å²) in [4.78, 5) is 16.5. The minimum absolute atomic E-state index is 0.159. The maximum Gasteiger partial charge on any atom is 0.274 e. The maximum absolute atomic E-state index is 12.3. The quantitative estimate of drug-likeness (QED) is 0.864. The zero-order valence-electron chi connectivity index (χ0n) is 13.1. The van der Waals surface area contributed by atoms with Crippen molar-refractivity contribution in [3.63, 3.8) is 0 Å². The van der Waals surface area contributed by atoms with Gasteiger partial charge >= 0.3 is 0 Å². The van der Waals surface area contributed by atoms with Gasteiger partial charge in [-0.1, -0.05) is 0 Å². The molecule has 122 valence electrons. The van der Waals surface area contributed by atoms with Crippen LogP contribution < -0.4 is 10.1 Å². The Morgan fingerprint density at radius 2 is 2.26 bits per heavy atom. The molecule has 2 aromatic heterocycles. The number of rotatable bonds is 4. The average molecular weight is 317 g/mol. The zero-order valence-corrected chi connectivity index (χ0v) is 13.1.